The molecule has 2 unspecified atom stereocenters. The van der Waals surface area contributed by atoms with Gasteiger partial charge in [-0.3, -0.25) is 4.98 Å². The molecule has 116 valence electrons. The Morgan fingerprint density at radius 1 is 1.24 bits per heavy atom. The first-order valence-corrected chi connectivity index (χ1v) is 8.44. The molecule has 0 amide bonds. The molecule has 0 saturated heterocycles. The Balaban J connectivity index is 1.88. The van der Waals surface area contributed by atoms with Crippen molar-refractivity contribution in [3.8, 4) is 0 Å². The highest BCUT2D eigenvalue weighted by Gasteiger charge is 2.44. The summed E-state index contributed by atoms with van der Waals surface area (Å²) in [5.41, 5.74) is 2.05. The third kappa shape index (κ3) is 2.86. The van der Waals surface area contributed by atoms with E-state index in [-0.39, 0.29) is 11.5 Å². The van der Waals surface area contributed by atoms with Crippen LogP contribution in [0.15, 0.2) is 18.3 Å². The monoisotopic (exact) mass is 289 g/mol. The lowest BCUT2D eigenvalue weighted by Gasteiger charge is -2.41. The van der Waals surface area contributed by atoms with Crippen molar-refractivity contribution < 1.29 is 9.84 Å². The Morgan fingerprint density at radius 2 is 2.00 bits per heavy atom. The first kappa shape index (κ1) is 15.0. The highest BCUT2D eigenvalue weighted by molar-refractivity contribution is 5.28. The van der Waals surface area contributed by atoms with Crippen molar-refractivity contribution in [3.63, 3.8) is 0 Å². The standard InChI is InChI=1S/C18H27NO2/c1-21-18(11-4-2-3-5-12-18)17(20)15-10-6-8-14-9-7-13-19-16(14)15/h7,9,13,15,17,20H,2-6,8,10-12H2,1H3. The molecule has 1 saturated carbocycles. The zero-order valence-electron chi connectivity index (χ0n) is 13.1. The highest BCUT2D eigenvalue weighted by Crippen LogP contribution is 2.42. The number of hydrogen-bond acceptors (Lipinski definition) is 3. The van der Waals surface area contributed by atoms with Crippen LogP contribution in [0, 0.1) is 0 Å². The number of pyridine rings is 1. The molecule has 1 heterocycles. The lowest BCUT2D eigenvalue weighted by Crippen LogP contribution is -2.48. The Morgan fingerprint density at radius 3 is 2.71 bits per heavy atom. The van der Waals surface area contributed by atoms with E-state index in [1.807, 2.05) is 12.3 Å². The van der Waals surface area contributed by atoms with Crippen molar-refractivity contribution in [3.05, 3.63) is 29.6 Å². The van der Waals surface area contributed by atoms with E-state index >= 15 is 0 Å². The second kappa shape index (κ2) is 6.45. The first-order chi connectivity index (χ1) is 10.3. The Kier molecular flexibility index (Phi) is 4.60. The van der Waals surface area contributed by atoms with Gasteiger partial charge in [0.25, 0.3) is 0 Å². The molecule has 1 aromatic heterocycles. The van der Waals surface area contributed by atoms with Gasteiger partial charge in [0.2, 0.25) is 0 Å². The van der Waals surface area contributed by atoms with Gasteiger partial charge in [0.15, 0.2) is 0 Å². The molecular weight excluding hydrogens is 262 g/mol. The highest BCUT2D eigenvalue weighted by atomic mass is 16.5. The number of aromatic nitrogens is 1. The number of aryl methyl sites for hydroxylation is 1. The number of aliphatic hydroxyl groups excluding tert-OH is 1. The van der Waals surface area contributed by atoms with Gasteiger partial charge in [0.1, 0.15) is 0 Å². The van der Waals surface area contributed by atoms with Crippen molar-refractivity contribution in [2.24, 2.45) is 0 Å². The average Bonchev–Trinajstić information content (AvgIpc) is 2.80. The van der Waals surface area contributed by atoms with E-state index < -0.39 is 6.10 Å². The van der Waals surface area contributed by atoms with Gasteiger partial charge in [0, 0.05) is 24.9 Å². The van der Waals surface area contributed by atoms with Gasteiger partial charge in [-0.25, -0.2) is 0 Å². The van der Waals surface area contributed by atoms with E-state index in [9.17, 15) is 5.11 Å². The van der Waals surface area contributed by atoms with E-state index in [0.29, 0.717) is 0 Å². The third-order valence-corrected chi connectivity index (χ3v) is 5.52. The predicted molar refractivity (Wildman–Crippen MR) is 83.4 cm³/mol. The molecule has 0 spiro atoms. The molecule has 1 fully saturated rings. The molecule has 0 aliphatic heterocycles. The summed E-state index contributed by atoms with van der Waals surface area (Å²) in [6, 6.07) is 4.17. The van der Waals surface area contributed by atoms with E-state index in [2.05, 4.69) is 11.1 Å². The van der Waals surface area contributed by atoms with Crippen LogP contribution in [0.4, 0.5) is 0 Å². The maximum absolute atomic E-state index is 11.2. The van der Waals surface area contributed by atoms with Crippen LogP contribution in [0.2, 0.25) is 0 Å². The fraction of sp³-hybridized carbons (Fsp3) is 0.722. The number of hydrogen-bond donors (Lipinski definition) is 1. The van der Waals surface area contributed by atoms with Crippen LogP contribution in [0.1, 0.15) is 68.5 Å². The fourth-order valence-electron chi connectivity index (χ4n) is 4.27. The molecule has 0 radical (unpaired) electrons. The van der Waals surface area contributed by atoms with Gasteiger partial charge < -0.3 is 9.84 Å². The Labute approximate surface area is 127 Å². The zero-order valence-corrected chi connectivity index (χ0v) is 13.1. The molecule has 2 aliphatic rings. The molecule has 2 aliphatic carbocycles. The average molecular weight is 289 g/mol. The molecule has 3 heteroatoms. The van der Waals surface area contributed by atoms with Gasteiger partial charge in [-0.2, -0.15) is 0 Å². The van der Waals surface area contributed by atoms with E-state index in [0.717, 1.165) is 50.6 Å². The van der Waals surface area contributed by atoms with Crippen LogP contribution in [0.3, 0.4) is 0 Å². The smallest absolute Gasteiger partial charge is 0.0943 e. The first-order valence-electron chi connectivity index (χ1n) is 8.44. The van der Waals surface area contributed by atoms with Crippen LogP contribution in [-0.2, 0) is 11.2 Å². The van der Waals surface area contributed by atoms with Crippen molar-refractivity contribution in [1.82, 2.24) is 4.98 Å². The lowest BCUT2D eigenvalue weighted by atomic mass is 9.74. The summed E-state index contributed by atoms with van der Waals surface area (Å²) in [7, 11) is 1.77. The van der Waals surface area contributed by atoms with E-state index in [1.54, 1.807) is 7.11 Å². The van der Waals surface area contributed by atoms with Crippen molar-refractivity contribution in [2.75, 3.05) is 7.11 Å². The van der Waals surface area contributed by atoms with Gasteiger partial charge in [-0.1, -0.05) is 31.7 Å². The van der Waals surface area contributed by atoms with Crippen molar-refractivity contribution >= 4 is 0 Å². The summed E-state index contributed by atoms with van der Waals surface area (Å²) in [5.74, 6) is 0.132. The summed E-state index contributed by atoms with van der Waals surface area (Å²) in [6.45, 7) is 0. The summed E-state index contributed by atoms with van der Waals surface area (Å²) in [5, 5.41) is 11.2. The number of aliphatic hydroxyl groups is 1. The summed E-state index contributed by atoms with van der Waals surface area (Å²) < 4.78 is 5.91. The van der Waals surface area contributed by atoms with Crippen molar-refractivity contribution in [2.45, 2.75) is 75.4 Å². The molecule has 1 aromatic rings. The number of methoxy groups -OCH3 is 1. The van der Waals surface area contributed by atoms with Crippen LogP contribution < -0.4 is 0 Å². The molecule has 2 atom stereocenters. The van der Waals surface area contributed by atoms with Crippen molar-refractivity contribution in [1.29, 1.82) is 0 Å². The summed E-state index contributed by atoms with van der Waals surface area (Å²) in [4.78, 5) is 4.59. The molecular formula is C18H27NO2. The van der Waals surface area contributed by atoms with E-state index in [4.69, 9.17) is 4.74 Å². The topological polar surface area (TPSA) is 42.4 Å². The zero-order chi connectivity index (χ0) is 14.7. The molecule has 0 bridgehead atoms. The summed E-state index contributed by atoms with van der Waals surface area (Å²) in [6.07, 6.45) is 11.5. The minimum absolute atomic E-state index is 0.132. The van der Waals surface area contributed by atoms with Crippen LogP contribution in [-0.4, -0.2) is 28.9 Å². The number of fused-ring (bicyclic) bond motifs is 1. The Bertz CT molecular complexity index is 466. The normalized spacial score (nSPS) is 26.7. The molecule has 3 nitrogen and oxygen atoms in total. The maximum atomic E-state index is 11.2. The predicted octanol–water partition coefficient (Wildman–Crippen LogP) is 3.60. The molecule has 1 N–H and O–H groups in total. The minimum Gasteiger partial charge on any atom is -0.389 e. The van der Waals surface area contributed by atoms with Gasteiger partial charge in [-0.05, 0) is 43.7 Å². The van der Waals surface area contributed by atoms with Gasteiger partial charge >= 0.3 is 0 Å². The van der Waals surface area contributed by atoms with Gasteiger partial charge in [0.05, 0.1) is 11.7 Å². The quantitative estimate of drug-likeness (QED) is 0.865. The van der Waals surface area contributed by atoms with Gasteiger partial charge in [-0.15, -0.1) is 0 Å². The van der Waals surface area contributed by atoms with Crippen LogP contribution >= 0.6 is 0 Å². The number of nitrogens with zero attached hydrogens (tertiary/aromatic N) is 1. The van der Waals surface area contributed by atoms with E-state index in [1.165, 1.54) is 18.4 Å². The number of rotatable bonds is 3. The third-order valence-electron chi connectivity index (χ3n) is 5.52. The minimum atomic E-state index is -0.436. The maximum Gasteiger partial charge on any atom is 0.0943 e. The lowest BCUT2D eigenvalue weighted by molar-refractivity contribution is -0.123. The van der Waals surface area contributed by atoms with Crippen LogP contribution in [0.25, 0.3) is 0 Å². The largest absolute Gasteiger partial charge is 0.389 e. The van der Waals surface area contributed by atoms with Crippen LogP contribution in [0.5, 0.6) is 0 Å². The second-order valence-electron chi connectivity index (χ2n) is 6.67. The molecule has 0 aromatic carbocycles. The molecule has 21 heavy (non-hydrogen) atoms. The SMILES string of the molecule is COC1(C(O)C2CCCc3cccnc32)CCCCCC1. The fourth-order valence-corrected chi connectivity index (χ4v) is 4.27. The second-order valence-corrected chi connectivity index (χ2v) is 6.67. The molecule has 3 rings (SSSR count). The Hall–Kier alpha value is -0.930. The number of ether oxygens (including phenoxy) is 1. The summed E-state index contributed by atoms with van der Waals surface area (Å²) >= 11 is 0.